The Hall–Kier alpha value is -2.57. The molecule has 0 aliphatic carbocycles. The molecule has 0 bridgehead atoms. The lowest BCUT2D eigenvalue weighted by Gasteiger charge is -2.34. The first-order valence-corrected chi connectivity index (χ1v) is 15.2. The molecule has 1 fully saturated rings. The van der Waals surface area contributed by atoms with Crippen molar-refractivity contribution in [2.24, 2.45) is 0 Å². The number of morpholine rings is 1. The van der Waals surface area contributed by atoms with Crippen LogP contribution >= 0.6 is 11.3 Å². The highest BCUT2D eigenvalue weighted by atomic mass is 32.2. The van der Waals surface area contributed by atoms with Gasteiger partial charge in [0.15, 0.2) is 5.13 Å². The fourth-order valence-corrected chi connectivity index (χ4v) is 7.26. The summed E-state index contributed by atoms with van der Waals surface area (Å²) in [6, 6.07) is 11.9. The zero-order valence-corrected chi connectivity index (χ0v) is 24.2. The molecule has 2 atom stereocenters. The van der Waals surface area contributed by atoms with E-state index in [1.807, 2.05) is 32.0 Å². The largest absolute Gasteiger partial charge is 0.494 e. The number of rotatable bonds is 10. The molecule has 11 heteroatoms. The number of hydrogen-bond acceptors (Lipinski definition) is 8. The third-order valence-corrected chi connectivity index (χ3v) is 9.62. The molecule has 0 unspecified atom stereocenters. The van der Waals surface area contributed by atoms with Gasteiger partial charge in [0.25, 0.3) is 5.91 Å². The number of likely N-dealkylation sites (N-methyl/N-ethyl adjacent to an activating group) is 1. The molecule has 3 aromatic rings. The summed E-state index contributed by atoms with van der Waals surface area (Å²) in [5.74, 6) is 0.426. The molecule has 4 rings (SSSR count). The molecule has 9 nitrogen and oxygen atoms in total. The Morgan fingerprint density at radius 3 is 2.34 bits per heavy atom. The Kier molecular flexibility index (Phi) is 9.04. The maximum atomic E-state index is 13.8. The summed E-state index contributed by atoms with van der Waals surface area (Å²) in [4.78, 5) is 22.6. The van der Waals surface area contributed by atoms with Crippen molar-refractivity contribution in [3.05, 3.63) is 48.0 Å². The highest BCUT2D eigenvalue weighted by Gasteiger charge is 2.32. The summed E-state index contributed by atoms with van der Waals surface area (Å²) >= 11 is 1.43. The first kappa shape index (κ1) is 28.4. The minimum absolute atomic E-state index is 0.162. The van der Waals surface area contributed by atoms with Gasteiger partial charge in [0.05, 0.1) is 28.9 Å². The summed E-state index contributed by atoms with van der Waals surface area (Å²) < 4.78 is 40.1. The Balaban J connectivity index is 1.63. The molecule has 2 heterocycles. The Morgan fingerprint density at radius 2 is 1.74 bits per heavy atom. The molecule has 206 valence electrons. The van der Waals surface area contributed by atoms with Crippen LogP contribution < -0.4 is 9.64 Å². The van der Waals surface area contributed by atoms with E-state index in [4.69, 9.17) is 14.5 Å². The topological polar surface area (TPSA) is 92.3 Å². The molecule has 0 N–H and O–H groups in total. The van der Waals surface area contributed by atoms with E-state index in [1.165, 1.54) is 27.8 Å². The predicted molar refractivity (Wildman–Crippen MR) is 151 cm³/mol. The van der Waals surface area contributed by atoms with Gasteiger partial charge in [-0.2, -0.15) is 4.31 Å². The normalized spacial score (nSPS) is 18.7. The minimum atomic E-state index is -3.70. The maximum absolute atomic E-state index is 13.8. The third-order valence-electron chi connectivity index (χ3n) is 6.73. The van der Waals surface area contributed by atoms with Crippen LogP contribution in [0.5, 0.6) is 5.75 Å². The van der Waals surface area contributed by atoms with Gasteiger partial charge in [-0.05, 0) is 63.3 Å². The molecule has 38 heavy (non-hydrogen) atoms. The third kappa shape index (κ3) is 6.02. The highest BCUT2D eigenvalue weighted by Crippen LogP contribution is 2.34. The number of amides is 1. The molecule has 2 aromatic carbocycles. The number of aromatic nitrogens is 1. The lowest BCUT2D eigenvalue weighted by molar-refractivity contribution is -0.0440. The number of anilines is 1. The van der Waals surface area contributed by atoms with Crippen molar-refractivity contribution in [1.82, 2.24) is 14.2 Å². The summed E-state index contributed by atoms with van der Waals surface area (Å²) in [6.07, 6.45) is -0.359. The number of carbonyl (C=O) groups excluding carboxylic acids is 1. The molecular formula is C27H36N4O5S2. The van der Waals surface area contributed by atoms with Gasteiger partial charge in [-0.15, -0.1) is 0 Å². The number of fused-ring (bicyclic) bond motifs is 1. The fraction of sp³-hybridized carbons (Fsp3) is 0.481. The van der Waals surface area contributed by atoms with Gasteiger partial charge in [-0.3, -0.25) is 9.69 Å². The van der Waals surface area contributed by atoms with Crippen LogP contribution in [0.15, 0.2) is 47.4 Å². The van der Waals surface area contributed by atoms with Crippen LogP contribution in [0.3, 0.4) is 0 Å². The van der Waals surface area contributed by atoms with Gasteiger partial charge in [0.2, 0.25) is 10.0 Å². The average molecular weight is 561 g/mol. The number of methoxy groups -OCH3 is 1. The quantitative estimate of drug-likeness (QED) is 0.369. The van der Waals surface area contributed by atoms with Crippen molar-refractivity contribution in [2.45, 2.75) is 44.8 Å². The van der Waals surface area contributed by atoms with Gasteiger partial charge in [-0.1, -0.05) is 31.3 Å². The summed E-state index contributed by atoms with van der Waals surface area (Å²) in [5, 5.41) is 0.578. The Bertz CT molecular complexity index is 1350. The van der Waals surface area contributed by atoms with Gasteiger partial charge >= 0.3 is 0 Å². The van der Waals surface area contributed by atoms with Gasteiger partial charge < -0.3 is 14.4 Å². The smallest absolute Gasteiger partial charge is 0.260 e. The zero-order chi connectivity index (χ0) is 27.4. The number of carbonyl (C=O) groups is 1. The van der Waals surface area contributed by atoms with Crippen molar-refractivity contribution in [1.29, 1.82) is 0 Å². The van der Waals surface area contributed by atoms with Gasteiger partial charge in [0.1, 0.15) is 11.3 Å². The van der Waals surface area contributed by atoms with Crippen molar-refractivity contribution in [2.75, 3.05) is 51.3 Å². The van der Waals surface area contributed by atoms with Crippen molar-refractivity contribution >= 4 is 42.6 Å². The van der Waals surface area contributed by atoms with Gasteiger partial charge in [0, 0.05) is 31.7 Å². The second kappa shape index (κ2) is 12.1. The fourth-order valence-electron chi connectivity index (χ4n) is 4.66. The first-order valence-electron chi connectivity index (χ1n) is 12.9. The number of nitrogens with zero attached hydrogens (tertiary/aromatic N) is 4. The maximum Gasteiger partial charge on any atom is 0.260 e. The molecule has 1 aliphatic rings. The van der Waals surface area contributed by atoms with Crippen LogP contribution in [0.4, 0.5) is 5.13 Å². The number of hydrogen-bond donors (Lipinski definition) is 0. The Morgan fingerprint density at radius 1 is 1.08 bits per heavy atom. The van der Waals surface area contributed by atoms with Crippen molar-refractivity contribution < 1.29 is 22.7 Å². The molecule has 1 amide bonds. The lowest BCUT2D eigenvalue weighted by Crippen LogP contribution is -2.48. The number of para-hydroxylation sites is 1. The molecule has 1 aliphatic heterocycles. The van der Waals surface area contributed by atoms with E-state index in [1.54, 1.807) is 24.1 Å². The summed E-state index contributed by atoms with van der Waals surface area (Å²) in [7, 11) is -2.10. The second-order valence-corrected chi connectivity index (χ2v) is 12.3. The van der Waals surface area contributed by atoms with Crippen molar-refractivity contribution in [3.63, 3.8) is 0 Å². The molecule has 0 radical (unpaired) electrons. The van der Waals surface area contributed by atoms with Crippen molar-refractivity contribution in [3.8, 4) is 5.75 Å². The van der Waals surface area contributed by atoms with E-state index in [2.05, 4.69) is 18.7 Å². The molecule has 1 aromatic heterocycles. The number of benzene rings is 2. The monoisotopic (exact) mass is 560 g/mol. The summed E-state index contributed by atoms with van der Waals surface area (Å²) in [5.41, 5.74) is 1.12. The van der Waals surface area contributed by atoms with Crippen LogP contribution in [0.1, 0.15) is 38.1 Å². The SMILES string of the molecule is CCN(CC)CCN(C(=O)c1ccc(S(=O)(=O)N2C[C@@H](C)O[C@H](C)C2)cc1)c1nc2c(OC)cccc2s1. The second-order valence-electron chi connectivity index (χ2n) is 9.39. The number of ether oxygens (including phenoxy) is 2. The highest BCUT2D eigenvalue weighted by molar-refractivity contribution is 7.89. The van der Waals surface area contributed by atoms with E-state index in [0.29, 0.717) is 48.1 Å². The number of thiazole rings is 1. The summed E-state index contributed by atoms with van der Waals surface area (Å²) in [6.45, 7) is 11.4. The van der Waals surface area contributed by atoms with Crippen LogP contribution in [-0.2, 0) is 14.8 Å². The van der Waals surface area contributed by atoms with Crippen LogP contribution in [0, 0.1) is 0 Å². The minimum Gasteiger partial charge on any atom is -0.494 e. The van der Waals surface area contributed by atoms with E-state index < -0.39 is 10.0 Å². The van der Waals surface area contributed by atoms with E-state index >= 15 is 0 Å². The van der Waals surface area contributed by atoms with Crippen LogP contribution in [0.25, 0.3) is 10.2 Å². The van der Waals surface area contributed by atoms with Crippen LogP contribution in [0.2, 0.25) is 0 Å². The van der Waals surface area contributed by atoms with E-state index in [0.717, 1.165) is 17.8 Å². The van der Waals surface area contributed by atoms with E-state index in [-0.39, 0.29) is 23.0 Å². The predicted octanol–water partition coefficient (Wildman–Crippen LogP) is 4.09. The van der Waals surface area contributed by atoms with E-state index in [9.17, 15) is 13.2 Å². The standard InChI is InChI=1S/C27H36N4O5S2/c1-6-29(7-2)15-16-31(27-28-25-23(35-5)9-8-10-24(25)37-27)26(32)21-11-13-22(14-12-21)38(33,34)30-17-19(3)36-20(4)18-30/h8-14,19-20H,6-7,15-18H2,1-5H3/t19-,20-/m1/s1. The van der Waals surface area contributed by atoms with Gasteiger partial charge in [-0.25, -0.2) is 13.4 Å². The zero-order valence-electron chi connectivity index (χ0n) is 22.6. The molecule has 0 spiro atoms. The lowest BCUT2D eigenvalue weighted by atomic mass is 10.2. The molecule has 1 saturated heterocycles. The van der Waals surface area contributed by atoms with Crippen LogP contribution in [-0.4, -0.2) is 87.1 Å². The molecular weight excluding hydrogens is 524 g/mol. The molecule has 0 saturated carbocycles. The Labute approximate surface area is 229 Å². The number of sulfonamides is 1. The first-order chi connectivity index (χ1) is 18.2. The average Bonchev–Trinajstić information content (AvgIpc) is 3.34.